The third-order valence-electron chi connectivity index (χ3n) is 5.55. The number of carbonyl (C=O) groups excluding carboxylic acids is 1. The Morgan fingerprint density at radius 1 is 1.06 bits per heavy atom. The average Bonchev–Trinajstić information content (AvgIpc) is 3.28. The zero-order valence-electron chi connectivity index (χ0n) is 18.1. The second kappa shape index (κ2) is 10.6. The molecule has 2 heterocycles. The first-order valence-corrected chi connectivity index (χ1v) is 13.0. The molecule has 1 saturated heterocycles. The average molecular weight is 507 g/mol. The maximum atomic E-state index is 10.7. The molecular formula is C24H25Cl2N3OS2. The lowest BCUT2D eigenvalue weighted by molar-refractivity contribution is -0.108. The van der Waals surface area contributed by atoms with Gasteiger partial charge in [-0.1, -0.05) is 73.1 Å². The number of rotatable bonds is 7. The summed E-state index contributed by atoms with van der Waals surface area (Å²) in [6, 6.07) is 12.4. The van der Waals surface area contributed by atoms with Crippen molar-refractivity contribution < 1.29 is 4.79 Å². The highest BCUT2D eigenvalue weighted by molar-refractivity contribution is 7.99. The summed E-state index contributed by atoms with van der Waals surface area (Å²) in [6.07, 6.45) is 0.965. The lowest BCUT2D eigenvalue weighted by atomic mass is 10.0. The number of aromatic nitrogens is 1. The minimum Gasteiger partial charge on any atom is -0.346 e. The van der Waals surface area contributed by atoms with Gasteiger partial charge in [0.05, 0.1) is 22.3 Å². The number of benzene rings is 2. The standard InChI is InChI=1S/C24H25Cl2N3OS2/c1-16(2)17-5-3-4-6-20(17)32-21-8-7-18(22(25)23(21)26)19-15-31-24(27-19)29-11-9-28(10-12-29)13-14-30/h3-8,14-16H,9-13H2,1-2H3. The normalized spacial score (nSPS) is 14.8. The van der Waals surface area contributed by atoms with Gasteiger partial charge in [0.1, 0.15) is 6.29 Å². The number of nitrogens with zero attached hydrogens (tertiary/aromatic N) is 3. The Morgan fingerprint density at radius 2 is 1.81 bits per heavy atom. The van der Waals surface area contributed by atoms with Gasteiger partial charge < -0.3 is 9.69 Å². The van der Waals surface area contributed by atoms with Crippen molar-refractivity contribution in [1.82, 2.24) is 9.88 Å². The van der Waals surface area contributed by atoms with E-state index >= 15 is 0 Å². The van der Waals surface area contributed by atoms with E-state index in [0.717, 1.165) is 53.7 Å². The lowest BCUT2D eigenvalue weighted by Gasteiger charge is -2.33. The highest BCUT2D eigenvalue weighted by Gasteiger charge is 2.21. The molecule has 1 aliphatic rings. The number of aldehydes is 1. The lowest BCUT2D eigenvalue weighted by Crippen LogP contribution is -2.46. The fourth-order valence-electron chi connectivity index (χ4n) is 3.74. The Morgan fingerprint density at radius 3 is 2.53 bits per heavy atom. The Hall–Kier alpha value is -1.57. The molecule has 0 spiro atoms. The Bertz CT molecular complexity index is 1090. The third kappa shape index (κ3) is 5.15. The van der Waals surface area contributed by atoms with Gasteiger partial charge in [0.25, 0.3) is 0 Å². The summed E-state index contributed by atoms with van der Waals surface area (Å²) in [5.41, 5.74) is 2.98. The summed E-state index contributed by atoms with van der Waals surface area (Å²) in [4.78, 5) is 22.1. The SMILES string of the molecule is CC(C)c1ccccc1Sc1ccc(-c2csc(N3CCN(CC=O)CC3)n2)c(Cl)c1Cl. The minimum atomic E-state index is 0.431. The fourth-order valence-corrected chi connectivity index (χ4v) is 6.35. The molecule has 8 heteroatoms. The van der Waals surface area contributed by atoms with E-state index in [1.807, 2.05) is 23.6 Å². The molecule has 0 amide bonds. The molecule has 0 N–H and O–H groups in total. The zero-order valence-corrected chi connectivity index (χ0v) is 21.2. The molecule has 4 rings (SSSR count). The second-order valence-corrected chi connectivity index (χ2v) is 10.7. The molecule has 2 aromatic carbocycles. The summed E-state index contributed by atoms with van der Waals surface area (Å²) in [6.45, 7) is 8.34. The topological polar surface area (TPSA) is 36.4 Å². The van der Waals surface area contributed by atoms with E-state index in [1.165, 1.54) is 10.5 Å². The van der Waals surface area contributed by atoms with E-state index in [0.29, 0.717) is 22.5 Å². The largest absolute Gasteiger partial charge is 0.346 e. The number of hydrogen-bond donors (Lipinski definition) is 0. The summed E-state index contributed by atoms with van der Waals surface area (Å²) in [5.74, 6) is 0.431. The van der Waals surface area contributed by atoms with E-state index in [-0.39, 0.29) is 0 Å². The molecule has 32 heavy (non-hydrogen) atoms. The predicted molar refractivity (Wildman–Crippen MR) is 137 cm³/mol. The van der Waals surface area contributed by atoms with Crippen LogP contribution in [0.5, 0.6) is 0 Å². The van der Waals surface area contributed by atoms with Crippen molar-refractivity contribution in [1.29, 1.82) is 0 Å². The van der Waals surface area contributed by atoms with Gasteiger partial charge in [0.2, 0.25) is 0 Å². The zero-order chi connectivity index (χ0) is 22.7. The monoisotopic (exact) mass is 505 g/mol. The molecule has 0 radical (unpaired) electrons. The van der Waals surface area contributed by atoms with Gasteiger partial charge in [-0.25, -0.2) is 4.98 Å². The maximum Gasteiger partial charge on any atom is 0.185 e. The van der Waals surface area contributed by atoms with Crippen LogP contribution >= 0.6 is 46.3 Å². The Labute approximate surface area is 207 Å². The highest BCUT2D eigenvalue weighted by atomic mass is 35.5. The molecule has 0 aliphatic carbocycles. The number of anilines is 1. The van der Waals surface area contributed by atoms with Crippen LogP contribution in [0.25, 0.3) is 11.3 Å². The van der Waals surface area contributed by atoms with Crippen LogP contribution in [-0.4, -0.2) is 48.9 Å². The number of piperazine rings is 1. The van der Waals surface area contributed by atoms with E-state index in [4.69, 9.17) is 28.2 Å². The van der Waals surface area contributed by atoms with E-state index in [1.54, 1.807) is 23.1 Å². The number of halogens is 2. The van der Waals surface area contributed by atoms with E-state index < -0.39 is 0 Å². The minimum absolute atomic E-state index is 0.431. The van der Waals surface area contributed by atoms with Gasteiger partial charge in [0.15, 0.2) is 5.13 Å². The number of thiazole rings is 1. The van der Waals surface area contributed by atoms with Crippen molar-refractivity contribution in [3.8, 4) is 11.3 Å². The van der Waals surface area contributed by atoms with Crippen molar-refractivity contribution in [2.24, 2.45) is 0 Å². The van der Waals surface area contributed by atoms with Gasteiger partial charge in [-0.05, 0) is 23.6 Å². The Kier molecular flexibility index (Phi) is 7.79. The smallest absolute Gasteiger partial charge is 0.185 e. The fraction of sp³-hybridized carbons (Fsp3) is 0.333. The summed E-state index contributed by atoms with van der Waals surface area (Å²) in [5, 5.41) is 4.10. The van der Waals surface area contributed by atoms with Crippen molar-refractivity contribution in [3.63, 3.8) is 0 Å². The first-order valence-electron chi connectivity index (χ1n) is 10.6. The van der Waals surface area contributed by atoms with Gasteiger partial charge in [-0.3, -0.25) is 4.90 Å². The molecule has 0 atom stereocenters. The second-order valence-electron chi connectivity index (χ2n) is 8.00. The molecule has 0 saturated carbocycles. The molecule has 0 bridgehead atoms. The van der Waals surface area contributed by atoms with Crippen LogP contribution in [0.4, 0.5) is 5.13 Å². The number of hydrogen-bond acceptors (Lipinski definition) is 6. The van der Waals surface area contributed by atoms with Crippen LogP contribution in [-0.2, 0) is 4.79 Å². The number of carbonyl (C=O) groups is 1. The quantitative estimate of drug-likeness (QED) is 0.333. The predicted octanol–water partition coefficient (Wildman–Crippen LogP) is 6.71. The van der Waals surface area contributed by atoms with Crippen molar-refractivity contribution >= 4 is 57.7 Å². The van der Waals surface area contributed by atoms with Gasteiger partial charge in [-0.2, -0.15) is 0 Å². The molecule has 1 aliphatic heterocycles. The van der Waals surface area contributed by atoms with Crippen LogP contribution in [0.15, 0.2) is 51.6 Å². The molecule has 4 nitrogen and oxygen atoms in total. The molecular weight excluding hydrogens is 481 g/mol. The van der Waals surface area contributed by atoms with E-state index in [2.05, 4.69) is 41.8 Å². The highest BCUT2D eigenvalue weighted by Crippen LogP contribution is 2.44. The Balaban J connectivity index is 1.53. The van der Waals surface area contributed by atoms with Gasteiger partial charge >= 0.3 is 0 Å². The van der Waals surface area contributed by atoms with Crippen LogP contribution in [0.3, 0.4) is 0 Å². The molecule has 1 aromatic heterocycles. The first-order chi connectivity index (χ1) is 15.5. The molecule has 168 valence electrons. The van der Waals surface area contributed by atoms with Crippen molar-refractivity contribution in [2.45, 2.75) is 29.6 Å². The first kappa shape index (κ1) is 23.6. The van der Waals surface area contributed by atoms with Crippen LogP contribution in [0, 0.1) is 0 Å². The van der Waals surface area contributed by atoms with Gasteiger partial charge in [-0.15, -0.1) is 11.3 Å². The molecule has 0 unspecified atom stereocenters. The van der Waals surface area contributed by atoms with Crippen LogP contribution in [0.2, 0.25) is 10.0 Å². The van der Waals surface area contributed by atoms with Crippen molar-refractivity contribution in [2.75, 3.05) is 37.6 Å². The molecule has 1 fully saturated rings. The summed E-state index contributed by atoms with van der Waals surface area (Å²) in [7, 11) is 0. The van der Waals surface area contributed by atoms with E-state index in [9.17, 15) is 4.79 Å². The van der Waals surface area contributed by atoms with Crippen LogP contribution < -0.4 is 4.90 Å². The maximum absolute atomic E-state index is 10.7. The van der Waals surface area contributed by atoms with Crippen LogP contribution in [0.1, 0.15) is 25.3 Å². The summed E-state index contributed by atoms with van der Waals surface area (Å²) < 4.78 is 0. The van der Waals surface area contributed by atoms with Crippen molar-refractivity contribution in [3.05, 3.63) is 57.4 Å². The van der Waals surface area contributed by atoms with Gasteiger partial charge in [0, 0.05) is 46.9 Å². The molecule has 3 aromatic rings. The third-order valence-corrected chi connectivity index (χ3v) is 8.60. The summed E-state index contributed by atoms with van der Waals surface area (Å²) >= 11 is 16.7.